The molecule has 3 aromatic rings. The molecule has 0 bridgehead atoms. The molecule has 0 atom stereocenters. The first-order valence-corrected chi connectivity index (χ1v) is 12.0. The summed E-state index contributed by atoms with van der Waals surface area (Å²) < 4.78 is 32.3. The Balaban J connectivity index is 1.54. The van der Waals surface area contributed by atoms with Crippen molar-refractivity contribution < 1.29 is 22.7 Å². The van der Waals surface area contributed by atoms with Gasteiger partial charge in [0, 0.05) is 30.4 Å². The Labute approximate surface area is 195 Å². The van der Waals surface area contributed by atoms with Gasteiger partial charge in [0.2, 0.25) is 11.8 Å². The molecule has 2 aromatic carbocycles. The smallest absolute Gasteiger partial charge is 0.263 e. The lowest BCUT2D eigenvalue weighted by Gasteiger charge is -2.15. The molecule has 9 nitrogen and oxygen atoms in total. The van der Waals surface area contributed by atoms with Gasteiger partial charge in [-0.15, -0.1) is 11.3 Å². The van der Waals surface area contributed by atoms with Crippen molar-refractivity contribution in [3.8, 4) is 5.75 Å². The maximum Gasteiger partial charge on any atom is 0.263 e. The number of carbonyl (C=O) groups is 2. The second-order valence-electron chi connectivity index (χ2n) is 6.82. The zero-order valence-corrected chi connectivity index (χ0v) is 19.5. The lowest BCUT2D eigenvalue weighted by atomic mass is 10.2. The Bertz CT molecular complexity index is 1240. The Morgan fingerprint density at radius 1 is 1.18 bits per heavy atom. The first-order chi connectivity index (χ1) is 15.8. The van der Waals surface area contributed by atoms with E-state index < -0.39 is 15.9 Å². The highest BCUT2D eigenvalue weighted by Gasteiger charge is 2.16. The van der Waals surface area contributed by atoms with E-state index in [0.717, 1.165) is 5.56 Å². The van der Waals surface area contributed by atoms with Crippen molar-refractivity contribution in [3.63, 3.8) is 0 Å². The van der Waals surface area contributed by atoms with Gasteiger partial charge >= 0.3 is 0 Å². The molecule has 0 saturated heterocycles. The fourth-order valence-electron chi connectivity index (χ4n) is 2.70. The van der Waals surface area contributed by atoms with E-state index in [9.17, 15) is 18.0 Å². The number of anilines is 2. The summed E-state index contributed by atoms with van der Waals surface area (Å²) in [6.07, 6.45) is 4.51. The molecule has 2 N–H and O–H groups in total. The highest BCUT2D eigenvalue weighted by Crippen LogP contribution is 2.19. The third-order valence-electron chi connectivity index (χ3n) is 4.37. The topological polar surface area (TPSA) is 118 Å². The molecule has 0 unspecified atom stereocenters. The largest absolute Gasteiger partial charge is 0.497 e. The van der Waals surface area contributed by atoms with Crippen LogP contribution in [0.2, 0.25) is 0 Å². The maximum atomic E-state index is 12.4. The van der Waals surface area contributed by atoms with Gasteiger partial charge in [-0.1, -0.05) is 12.1 Å². The predicted octanol–water partition coefficient (Wildman–Crippen LogP) is 3.06. The van der Waals surface area contributed by atoms with Gasteiger partial charge in [0.05, 0.1) is 18.6 Å². The van der Waals surface area contributed by atoms with Crippen LogP contribution in [-0.4, -0.2) is 50.8 Å². The van der Waals surface area contributed by atoms with Crippen LogP contribution in [0, 0.1) is 0 Å². The fourth-order valence-corrected chi connectivity index (χ4v) is 4.49. The quantitative estimate of drug-likeness (QED) is 0.449. The fraction of sp³-hybridized carbons (Fsp3) is 0.136. The number of nitrogens with one attached hydrogen (secondary N) is 2. The summed E-state index contributed by atoms with van der Waals surface area (Å²) in [4.78, 5) is 29.8. The minimum atomic E-state index is -3.78. The normalized spacial score (nSPS) is 11.2. The van der Waals surface area contributed by atoms with Crippen molar-refractivity contribution in [2.75, 3.05) is 30.7 Å². The molecule has 1 aromatic heterocycles. The number of hydrogen-bond acceptors (Lipinski definition) is 7. The molecule has 2 amide bonds. The lowest BCUT2D eigenvalue weighted by molar-refractivity contribution is -0.129. The summed E-state index contributed by atoms with van der Waals surface area (Å²) in [6.45, 7) is -0.174. The summed E-state index contributed by atoms with van der Waals surface area (Å²) in [7, 11) is -0.702. The number of nitrogens with zero attached hydrogens (tertiary/aromatic N) is 2. The van der Waals surface area contributed by atoms with Crippen molar-refractivity contribution in [2.24, 2.45) is 0 Å². The maximum absolute atomic E-state index is 12.4. The van der Waals surface area contributed by atoms with Gasteiger partial charge in [-0.25, -0.2) is 13.4 Å². The standard InChI is InChI=1S/C22H22N4O5S2/c1-26(21(28)11-6-16-4-3-5-18(14-16)31-2)15-20(27)24-17-7-9-19(10-8-17)33(29,30)25-22-23-12-13-32-22/h3-14H,15H2,1-2H3,(H,23,25)(H,24,27)/b11-6+. The second kappa shape index (κ2) is 10.7. The van der Waals surface area contributed by atoms with Gasteiger partial charge in [0.25, 0.3) is 10.0 Å². The summed E-state index contributed by atoms with van der Waals surface area (Å²) in [5.41, 5.74) is 1.20. The van der Waals surface area contributed by atoms with E-state index in [4.69, 9.17) is 4.74 Å². The molecule has 0 radical (unpaired) electrons. The number of ether oxygens (including phenoxy) is 1. The average molecular weight is 487 g/mol. The molecule has 33 heavy (non-hydrogen) atoms. The monoisotopic (exact) mass is 486 g/mol. The summed E-state index contributed by atoms with van der Waals surface area (Å²) in [5.74, 6) is -0.0880. The van der Waals surface area contributed by atoms with Crippen molar-refractivity contribution >= 4 is 50.1 Å². The van der Waals surface area contributed by atoms with Gasteiger partial charge < -0.3 is 15.0 Å². The number of amides is 2. The third-order valence-corrected chi connectivity index (χ3v) is 6.54. The molecule has 0 fully saturated rings. The number of likely N-dealkylation sites (N-methyl/N-ethyl adjacent to an activating group) is 1. The first-order valence-electron chi connectivity index (χ1n) is 9.66. The minimum Gasteiger partial charge on any atom is -0.497 e. The SMILES string of the molecule is COc1cccc(/C=C/C(=O)N(C)CC(=O)Nc2ccc(S(=O)(=O)Nc3nccs3)cc2)c1. The highest BCUT2D eigenvalue weighted by atomic mass is 32.2. The zero-order chi connectivity index (χ0) is 23.8. The van der Waals surface area contributed by atoms with Gasteiger partial charge in [-0.3, -0.25) is 14.3 Å². The van der Waals surface area contributed by atoms with Crippen LogP contribution in [0.25, 0.3) is 6.08 Å². The average Bonchev–Trinajstić information content (AvgIpc) is 3.30. The number of sulfonamides is 1. The summed E-state index contributed by atoms with van der Waals surface area (Å²) in [6, 6.07) is 12.9. The summed E-state index contributed by atoms with van der Waals surface area (Å²) >= 11 is 1.17. The predicted molar refractivity (Wildman–Crippen MR) is 128 cm³/mol. The number of aromatic nitrogens is 1. The Morgan fingerprint density at radius 2 is 1.94 bits per heavy atom. The van der Waals surface area contributed by atoms with E-state index >= 15 is 0 Å². The number of thiazole rings is 1. The van der Waals surface area contributed by atoms with Crippen LogP contribution < -0.4 is 14.8 Å². The molecule has 0 aliphatic heterocycles. The number of carbonyl (C=O) groups excluding carboxylic acids is 2. The van der Waals surface area contributed by atoms with E-state index in [1.165, 1.54) is 59.8 Å². The number of benzene rings is 2. The van der Waals surface area contributed by atoms with E-state index in [2.05, 4.69) is 15.0 Å². The van der Waals surface area contributed by atoms with Gasteiger partial charge in [-0.2, -0.15) is 0 Å². The second-order valence-corrected chi connectivity index (χ2v) is 9.40. The molecule has 0 aliphatic rings. The third kappa shape index (κ3) is 6.89. The van der Waals surface area contributed by atoms with E-state index in [0.29, 0.717) is 11.4 Å². The van der Waals surface area contributed by atoms with Crippen LogP contribution in [0.1, 0.15) is 5.56 Å². The molecule has 3 rings (SSSR count). The van der Waals surface area contributed by atoms with Crippen molar-refractivity contribution in [2.45, 2.75) is 4.90 Å². The van der Waals surface area contributed by atoms with Crippen molar-refractivity contribution in [1.82, 2.24) is 9.88 Å². The molecular formula is C22H22N4O5S2. The van der Waals surface area contributed by atoms with Gasteiger partial charge in [0.15, 0.2) is 5.13 Å². The van der Waals surface area contributed by atoms with Gasteiger partial charge in [0.1, 0.15) is 5.75 Å². The highest BCUT2D eigenvalue weighted by molar-refractivity contribution is 7.93. The van der Waals surface area contributed by atoms with Crippen molar-refractivity contribution in [1.29, 1.82) is 0 Å². The number of hydrogen-bond donors (Lipinski definition) is 2. The van der Waals surface area contributed by atoms with Crippen LogP contribution in [0.3, 0.4) is 0 Å². The van der Waals surface area contributed by atoms with Crippen LogP contribution >= 0.6 is 11.3 Å². The zero-order valence-electron chi connectivity index (χ0n) is 17.9. The molecule has 0 spiro atoms. The molecular weight excluding hydrogens is 464 g/mol. The van der Waals surface area contributed by atoms with Gasteiger partial charge in [-0.05, 0) is 48.0 Å². The Hall–Kier alpha value is -3.70. The van der Waals surface area contributed by atoms with Crippen LogP contribution in [0.5, 0.6) is 5.75 Å². The van der Waals surface area contributed by atoms with E-state index in [-0.39, 0.29) is 22.5 Å². The number of rotatable bonds is 9. The molecule has 1 heterocycles. The molecule has 172 valence electrons. The molecule has 0 saturated carbocycles. The molecule has 11 heteroatoms. The minimum absolute atomic E-state index is 0.0330. The van der Waals surface area contributed by atoms with Crippen molar-refractivity contribution in [3.05, 3.63) is 71.7 Å². The van der Waals surface area contributed by atoms with E-state index in [1.807, 2.05) is 12.1 Å². The van der Waals surface area contributed by atoms with E-state index in [1.54, 1.807) is 30.7 Å². The van der Waals surface area contributed by atoms with Crippen LogP contribution in [0.4, 0.5) is 10.8 Å². The van der Waals surface area contributed by atoms with Crippen LogP contribution in [0.15, 0.2) is 71.1 Å². The molecule has 0 aliphatic carbocycles. The Morgan fingerprint density at radius 3 is 2.61 bits per heavy atom. The summed E-state index contributed by atoms with van der Waals surface area (Å²) in [5, 5.41) is 4.57. The lowest BCUT2D eigenvalue weighted by Crippen LogP contribution is -2.33. The Kier molecular flexibility index (Phi) is 7.80. The van der Waals surface area contributed by atoms with Crippen LogP contribution in [-0.2, 0) is 19.6 Å². The number of methoxy groups -OCH3 is 1. The first kappa shape index (κ1) is 24.0.